The number of aliphatic hydroxyl groups excluding tert-OH is 1. The largest absolute Gasteiger partial charge is 0.505 e. The number of allylic oxidation sites excluding steroid dienone is 1. The van der Waals surface area contributed by atoms with Gasteiger partial charge in [-0.2, -0.15) is 0 Å². The summed E-state index contributed by atoms with van der Waals surface area (Å²) in [5.41, 5.74) is 2.57. The van der Waals surface area contributed by atoms with Gasteiger partial charge in [-0.1, -0.05) is 26.2 Å². The van der Waals surface area contributed by atoms with Crippen LogP contribution in [0.4, 0.5) is 0 Å². The zero-order valence-electron chi connectivity index (χ0n) is 10.9. The lowest BCUT2D eigenvalue weighted by atomic mass is 9.92. The second-order valence-corrected chi connectivity index (χ2v) is 5.80. The Bertz CT molecular complexity index is 231. The normalized spacial score (nSPS) is 13.7. The molecule has 1 unspecified atom stereocenters. The molecular weight excluding hydrogens is 186 g/mol. The SMILES string of the molecule is C=C=C(O)CC(CC(C)C)C[N+](C)(C)C. The fraction of sp³-hybridized carbons (Fsp3) is 0.769. The summed E-state index contributed by atoms with van der Waals surface area (Å²) in [4.78, 5) is 0. The van der Waals surface area contributed by atoms with E-state index in [-0.39, 0.29) is 0 Å². The highest BCUT2D eigenvalue weighted by molar-refractivity contribution is 4.88. The highest BCUT2D eigenvalue weighted by atomic mass is 16.3. The summed E-state index contributed by atoms with van der Waals surface area (Å²) < 4.78 is 0.932. The van der Waals surface area contributed by atoms with Crippen molar-refractivity contribution in [2.75, 3.05) is 27.7 Å². The molecule has 0 amide bonds. The molecular formula is C13H26NO+. The molecule has 0 saturated carbocycles. The molecule has 0 saturated heterocycles. The van der Waals surface area contributed by atoms with Crippen molar-refractivity contribution in [3.63, 3.8) is 0 Å². The molecule has 0 radical (unpaired) electrons. The van der Waals surface area contributed by atoms with Crippen molar-refractivity contribution in [3.8, 4) is 0 Å². The molecule has 2 nitrogen and oxygen atoms in total. The molecule has 0 aromatic rings. The Morgan fingerprint density at radius 1 is 1.33 bits per heavy atom. The minimum absolute atomic E-state index is 0.300. The quantitative estimate of drug-likeness (QED) is 0.408. The van der Waals surface area contributed by atoms with Crippen molar-refractivity contribution < 1.29 is 9.59 Å². The fourth-order valence-electron chi connectivity index (χ4n) is 2.01. The topological polar surface area (TPSA) is 20.2 Å². The van der Waals surface area contributed by atoms with E-state index in [1.54, 1.807) is 0 Å². The van der Waals surface area contributed by atoms with E-state index in [9.17, 15) is 5.11 Å². The standard InChI is InChI=1S/C13H25NO/c1-7-13(15)9-12(8-11(2)3)10-14(4,5)6/h11-12H,1,8-10H2,2-6H3/p+1. The number of aliphatic hydroxyl groups is 1. The van der Waals surface area contributed by atoms with Gasteiger partial charge in [-0.15, -0.1) is 0 Å². The number of quaternary nitrogens is 1. The maximum Gasteiger partial charge on any atom is 0.135 e. The van der Waals surface area contributed by atoms with Gasteiger partial charge in [-0.25, -0.2) is 0 Å². The monoisotopic (exact) mass is 212 g/mol. The summed E-state index contributed by atoms with van der Waals surface area (Å²) in [6.45, 7) is 8.98. The minimum atomic E-state index is 0.300. The van der Waals surface area contributed by atoms with Gasteiger partial charge in [-0.05, 0) is 12.3 Å². The van der Waals surface area contributed by atoms with Crippen molar-refractivity contribution in [3.05, 3.63) is 18.1 Å². The molecule has 0 spiro atoms. The van der Waals surface area contributed by atoms with Crippen LogP contribution in [-0.2, 0) is 0 Å². The Kier molecular flexibility index (Phi) is 5.71. The van der Waals surface area contributed by atoms with E-state index >= 15 is 0 Å². The molecule has 88 valence electrons. The fourth-order valence-corrected chi connectivity index (χ4v) is 2.01. The van der Waals surface area contributed by atoms with Crippen molar-refractivity contribution >= 4 is 0 Å². The zero-order valence-corrected chi connectivity index (χ0v) is 10.9. The van der Waals surface area contributed by atoms with E-state index in [0.29, 0.717) is 24.0 Å². The van der Waals surface area contributed by atoms with Gasteiger partial charge in [0, 0.05) is 12.3 Å². The molecule has 0 aliphatic rings. The highest BCUT2D eigenvalue weighted by Crippen LogP contribution is 2.20. The molecule has 0 aliphatic heterocycles. The molecule has 1 N–H and O–H groups in total. The van der Waals surface area contributed by atoms with Crippen LogP contribution in [0.25, 0.3) is 0 Å². The summed E-state index contributed by atoms with van der Waals surface area (Å²) >= 11 is 0. The van der Waals surface area contributed by atoms with Crippen LogP contribution < -0.4 is 0 Å². The Morgan fingerprint density at radius 2 is 1.87 bits per heavy atom. The highest BCUT2D eigenvalue weighted by Gasteiger charge is 2.20. The van der Waals surface area contributed by atoms with Crippen molar-refractivity contribution in [2.24, 2.45) is 11.8 Å². The van der Waals surface area contributed by atoms with E-state index in [4.69, 9.17) is 0 Å². The van der Waals surface area contributed by atoms with Gasteiger partial charge in [0.25, 0.3) is 0 Å². The van der Waals surface area contributed by atoms with Gasteiger partial charge in [0.15, 0.2) is 0 Å². The first kappa shape index (κ1) is 14.3. The van der Waals surface area contributed by atoms with Gasteiger partial charge in [-0.3, -0.25) is 0 Å². The summed E-state index contributed by atoms with van der Waals surface area (Å²) in [6.07, 6.45) is 1.85. The van der Waals surface area contributed by atoms with E-state index in [2.05, 4.69) is 47.3 Å². The summed E-state index contributed by atoms with van der Waals surface area (Å²) in [7, 11) is 6.55. The van der Waals surface area contributed by atoms with Gasteiger partial charge in [0.2, 0.25) is 0 Å². The maximum atomic E-state index is 9.47. The molecule has 0 aromatic carbocycles. The molecule has 0 heterocycles. The van der Waals surface area contributed by atoms with Crippen molar-refractivity contribution in [1.29, 1.82) is 0 Å². The van der Waals surface area contributed by atoms with E-state index in [0.717, 1.165) is 17.4 Å². The van der Waals surface area contributed by atoms with Gasteiger partial charge >= 0.3 is 0 Å². The second-order valence-electron chi connectivity index (χ2n) is 5.80. The number of nitrogens with zero attached hydrogens (tertiary/aromatic N) is 1. The molecule has 0 rings (SSSR count). The Labute approximate surface area is 94.5 Å². The molecule has 0 aromatic heterocycles. The van der Waals surface area contributed by atoms with Crippen LogP contribution in [0, 0.1) is 11.8 Å². The molecule has 0 fully saturated rings. The molecule has 0 aliphatic carbocycles. The van der Waals surface area contributed by atoms with E-state index < -0.39 is 0 Å². The molecule has 15 heavy (non-hydrogen) atoms. The van der Waals surface area contributed by atoms with Gasteiger partial charge in [0.1, 0.15) is 5.76 Å². The molecule has 0 bridgehead atoms. The summed E-state index contributed by atoms with van der Waals surface area (Å²) in [5, 5.41) is 9.47. The summed E-state index contributed by atoms with van der Waals surface area (Å²) in [5.74, 6) is 1.48. The predicted octanol–water partition coefficient (Wildman–Crippen LogP) is 2.97. The van der Waals surface area contributed by atoms with Gasteiger partial charge in [0.05, 0.1) is 27.7 Å². The lowest BCUT2D eigenvalue weighted by Gasteiger charge is -2.29. The third-order valence-electron chi connectivity index (χ3n) is 2.30. The first-order valence-corrected chi connectivity index (χ1v) is 5.63. The van der Waals surface area contributed by atoms with Crippen LogP contribution >= 0.6 is 0 Å². The summed E-state index contributed by atoms with van der Waals surface area (Å²) in [6, 6.07) is 0. The third-order valence-corrected chi connectivity index (χ3v) is 2.30. The van der Waals surface area contributed by atoms with Crippen LogP contribution in [-0.4, -0.2) is 37.3 Å². The van der Waals surface area contributed by atoms with Crippen molar-refractivity contribution in [1.82, 2.24) is 0 Å². The Hall–Kier alpha value is -0.720. The van der Waals surface area contributed by atoms with Crippen LogP contribution in [0.1, 0.15) is 26.7 Å². The molecule has 1 atom stereocenters. The Morgan fingerprint density at radius 3 is 2.20 bits per heavy atom. The maximum absolute atomic E-state index is 9.47. The minimum Gasteiger partial charge on any atom is -0.505 e. The average Bonchev–Trinajstić information content (AvgIpc) is 1.99. The first-order chi connectivity index (χ1) is 6.74. The van der Waals surface area contributed by atoms with Gasteiger partial charge < -0.3 is 9.59 Å². The lowest BCUT2D eigenvalue weighted by molar-refractivity contribution is -0.874. The second kappa shape index (κ2) is 5.99. The van der Waals surface area contributed by atoms with Crippen LogP contribution in [0.2, 0.25) is 0 Å². The van der Waals surface area contributed by atoms with Crippen LogP contribution in [0.3, 0.4) is 0 Å². The first-order valence-electron chi connectivity index (χ1n) is 5.63. The lowest BCUT2D eigenvalue weighted by Crippen LogP contribution is -2.39. The number of hydrogen-bond donors (Lipinski definition) is 1. The van der Waals surface area contributed by atoms with E-state index in [1.807, 2.05) is 0 Å². The zero-order chi connectivity index (χ0) is 12.1. The smallest absolute Gasteiger partial charge is 0.135 e. The number of hydrogen-bond acceptors (Lipinski definition) is 1. The third kappa shape index (κ3) is 8.29. The molecule has 2 heteroatoms. The van der Waals surface area contributed by atoms with Crippen LogP contribution in [0.5, 0.6) is 0 Å². The average molecular weight is 212 g/mol. The Balaban J connectivity index is 4.38. The van der Waals surface area contributed by atoms with E-state index in [1.165, 1.54) is 0 Å². The predicted molar refractivity (Wildman–Crippen MR) is 65.7 cm³/mol. The number of rotatable bonds is 6. The van der Waals surface area contributed by atoms with Crippen LogP contribution in [0.15, 0.2) is 18.1 Å². The van der Waals surface area contributed by atoms with Crippen molar-refractivity contribution in [2.45, 2.75) is 26.7 Å².